The molecule has 3 rings (SSSR count). The SMILES string of the molecule is CCCCCCCCc1ccc2c(c1)CC(F)c1cc(CCCCCCCC)ccc1-2. The van der Waals surface area contributed by atoms with Crippen LogP contribution in [0.5, 0.6) is 0 Å². The number of hydrogen-bond donors (Lipinski definition) is 0. The molecule has 0 bridgehead atoms. The molecule has 1 unspecified atom stereocenters. The number of benzene rings is 2. The van der Waals surface area contributed by atoms with Gasteiger partial charge < -0.3 is 0 Å². The molecule has 0 heterocycles. The quantitative estimate of drug-likeness (QED) is 0.266. The minimum absolute atomic E-state index is 0.535. The summed E-state index contributed by atoms with van der Waals surface area (Å²) in [7, 11) is 0. The van der Waals surface area contributed by atoms with E-state index in [9.17, 15) is 0 Å². The standard InChI is InChI=1S/C30H43F/c1-3-5-7-9-11-13-15-24-17-19-27-26(21-24)23-30(31)29-22-25(18-20-28(27)29)16-14-12-10-8-6-4-2/h17-22,30H,3-16,23H2,1-2H3. The van der Waals surface area contributed by atoms with Gasteiger partial charge in [-0.3, -0.25) is 0 Å². The molecule has 0 spiro atoms. The van der Waals surface area contributed by atoms with Crippen LogP contribution in [-0.4, -0.2) is 0 Å². The van der Waals surface area contributed by atoms with E-state index in [4.69, 9.17) is 0 Å². The zero-order valence-electron chi connectivity index (χ0n) is 20.0. The molecule has 170 valence electrons. The van der Waals surface area contributed by atoms with Gasteiger partial charge in [0.1, 0.15) is 6.17 Å². The number of rotatable bonds is 14. The molecule has 0 amide bonds. The molecule has 0 aliphatic heterocycles. The van der Waals surface area contributed by atoms with Crippen molar-refractivity contribution in [2.75, 3.05) is 0 Å². The molecule has 1 heteroatoms. The molecule has 0 nitrogen and oxygen atoms in total. The van der Waals surface area contributed by atoms with Crippen LogP contribution in [0.25, 0.3) is 11.1 Å². The number of hydrogen-bond acceptors (Lipinski definition) is 0. The van der Waals surface area contributed by atoms with Gasteiger partial charge in [0, 0.05) is 6.42 Å². The predicted molar refractivity (Wildman–Crippen MR) is 134 cm³/mol. The summed E-state index contributed by atoms with van der Waals surface area (Å²) in [6, 6.07) is 13.4. The summed E-state index contributed by atoms with van der Waals surface area (Å²) >= 11 is 0. The van der Waals surface area contributed by atoms with Gasteiger partial charge in [0.05, 0.1) is 0 Å². The lowest BCUT2D eigenvalue weighted by Crippen LogP contribution is -2.09. The molecule has 1 atom stereocenters. The number of alkyl halides is 1. The lowest BCUT2D eigenvalue weighted by atomic mass is 9.82. The number of aryl methyl sites for hydroxylation is 2. The Morgan fingerprint density at radius 3 is 1.77 bits per heavy atom. The number of unbranched alkanes of at least 4 members (excludes halogenated alkanes) is 10. The van der Waals surface area contributed by atoms with Gasteiger partial charge in [-0.1, -0.05) is 114 Å². The fraction of sp³-hybridized carbons (Fsp3) is 0.600. The summed E-state index contributed by atoms with van der Waals surface area (Å²) in [5.74, 6) is 0. The van der Waals surface area contributed by atoms with Gasteiger partial charge in [0.25, 0.3) is 0 Å². The largest absolute Gasteiger partial charge is 0.242 e. The van der Waals surface area contributed by atoms with Crippen LogP contribution in [0, 0.1) is 0 Å². The van der Waals surface area contributed by atoms with Gasteiger partial charge in [-0.15, -0.1) is 0 Å². The Balaban J connectivity index is 1.57. The van der Waals surface area contributed by atoms with Crippen LogP contribution in [0.15, 0.2) is 36.4 Å². The zero-order valence-corrected chi connectivity index (χ0v) is 20.0. The summed E-state index contributed by atoms with van der Waals surface area (Å²) in [6.45, 7) is 4.52. The van der Waals surface area contributed by atoms with Crippen LogP contribution < -0.4 is 0 Å². The fourth-order valence-corrected chi connectivity index (χ4v) is 5.03. The van der Waals surface area contributed by atoms with E-state index >= 15 is 4.39 Å². The maximum atomic E-state index is 15.1. The van der Waals surface area contributed by atoms with Gasteiger partial charge in [-0.2, -0.15) is 0 Å². The highest BCUT2D eigenvalue weighted by atomic mass is 19.1. The monoisotopic (exact) mass is 422 g/mol. The first kappa shape index (κ1) is 24.0. The van der Waals surface area contributed by atoms with E-state index in [1.807, 2.05) is 0 Å². The van der Waals surface area contributed by atoms with Gasteiger partial charge in [-0.25, -0.2) is 4.39 Å². The van der Waals surface area contributed by atoms with Gasteiger partial charge in [0.2, 0.25) is 0 Å². The Morgan fingerprint density at radius 2 is 1.16 bits per heavy atom. The third-order valence-electron chi connectivity index (χ3n) is 6.95. The van der Waals surface area contributed by atoms with E-state index < -0.39 is 6.17 Å². The molecule has 0 saturated carbocycles. The molecule has 0 aromatic heterocycles. The highest BCUT2D eigenvalue weighted by molar-refractivity contribution is 5.74. The third kappa shape index (κ3) is 7.19. The molecule has 0 N–H and O–H groups in total. The van der Waals surface area contributed by atoms with Crippen LogP contribution in [-0.2, 0) is 19.3 Å². The van der Waals surface area contributed by atoms with E-state index in [1.54, 1.807) is 0 Å². The average molecular weight is 423 g/mol. The minimum atomic E-state index is -0.865. The van der Waals surface area contributed by atoms with Gasteiger partial charge in [0.15, 0.2) is 0 Å². The van der Waals surface area contributed by atoms with Crippen LogP contribution in [0.1, 0.15) is 119 Å². The summed E-state index contributed by atoms with van der Waals surface area (Å²) in [6.07, 6.45) is 17.7. The highest BCUT2D eigenvalue weighted by Crippen LogP contribution is 2.41. The smallest absolute Gasteiger partial charge is 0.130 e. The second-order valence-electron chi connectivity index (χ2n) is 9.62. The van der Waals surface area contributed by atoms with E-state index in [0.717, 1.165) is 24.0 Å². The normalized spacial score (nSPS) is 15.0. The Morgan fingerprint density at radius 1 is 0.645 bits per heavy atom. The van der Waals surface area contributed by atoms with Crippen molar-refractivity contribution >= 4 is 0 Å². The maximum absolute atomic E-state index is 15.1. The highest BCUT2D eigenvalue weighted by Gasteiger charge is 2.24. The van der Waals surface area contributed by atoms with Crippen LogP contribution in [0.3, 0.4) is 0 Å². The lowest BCUT2D eigenvalue weighted by molar-refractivity contribution is 0.340. The molecular weight excluding hydrogens is 379 g/mol. The summed E-state index contributed by atoms with van der Waals surface area (Å²) < 4.78 is 15.1. The predicted octanol–water partition coefficient (Wildman–Crippen LogP) is 9.73. The average Bonchev–Trinajstić information content (AvgIpc) is 2.78. The fourth-order valence-electron chi connectivity index (χ4n) is 5.03. The van der Waals surface area contributed by atoms with E-state index in [0.29, 0.717) is 6.42 Å². The van der Waals surface area contributed by atoms with Crippen molar-refractivity contribution in [3.63, 3.8) is 0 Å². The second-order valence-corrected chi connectivity index (χ2v) is 9.62. The van der Waals surface area contributed by atoms with Crippen molar-refractivity contribution in [1.29, 1.82) is 0 Å². The Bertz CT molecular complexity index is 791. The van der Waals surface area contributed by atoms with Crippen molar-refractivity contribution < 1.29 is 4.39 Å². The van der Waals surface area contributed by atoms with Crippen LogP contribution in [0.2, 0.25) is 0 Å². The Kier molecular flexibility index (Phi) is 10.1. The molecule has 0 saturated heterocycles. The molecule has 2 aromatic carbocycles. The van der Waals surface area contributed by atoms with Gasteiger partial charge >= 0.3 is 0 Å². The first-order valence-corrected chi connectivity index (χ1v) is 13.1. The number of halogens is 1. The van der Waals surface area contributed by atoms with Crippen molar-refractivity contribution in [2.45, 2.75) is 116 Å². The molecule has 1 aliphatic carbocycles. The first-order valence-electron chi connectivity index (χ1n) is 13.1. The molecule has 2 aromatic rings. The number of fused-ring (bicyclic) bond motifs is 3. The van der Waals surface area contributed by atoms with E-state index in [-0.39, 0.29) is 0 Å². The minimum Gasteiger partial charge on any atom is -0.242 e. The maximum Gasteiger partial charge on any atom is 0.130 e. The van der Waals surface area contributed by atoms with Crippen LogP contribution in [0.4, 0.5) is 4.39 Å². The topological polar surface area (TPSA) is 0 Å². The molecule has 31 heavy (non-hydrogen) atoms. The van der Waals surface area contributed by atoms with Crippen molar-refractivity contribution in [2.24, 2.45) is 0 Å². The summed E-state index contributed by atoms with van der Waals surface area (Å²) in [5.41, 5.74) is 7.17. The first-order chi connectivity index (χ1) is 15.2. The second kappa shape index (κ2) is 13.0. The van der Waals surface area contributed by atoms with E-state index in [1.165, 1.54) is 99.3 Å². The van der Waals surface area contributed by atoms with Crippen molar-refractivity contribution in [3.05, 3.63) is 58.7 Å². The van der Waals surface area contributed by atoms with Gasteiger partial charge in [-0.05, 0) is 59.1 Å². The summed E-state index contributed by atoms with van der Waals surface area (Å²) in [4.78, 5) is 0. The van der Waals surface area contributed by atoms with Crippen molar-refractivity contribution in [1.82, 2.24) is 0 Å². The molecule has 0 fully saturated rings. The van der Waals surface area contributed by atoms with Crippen molar-refractivity contribution in [3.8, 4) is 11.1 Å². The third-order valence-corrected chi connectivity index (χ3v) is 6.95. The van der Waals surface area contributed by atoms with Crippen LogP contribution >= 0.6 is 0 Å². The molecular formula is C30H43F. The lowest BCUT2D eigenvalue weighted by Gasteiger charge is -2.24. The zero-order chi connectivity index (χ0) is 21.9. The summed E-state index contributed by atoms with van der Waals surface area (Å²) in [5, 5.41) is 0. The molecule has 1 aliphatic rings. The Labute approximate surface area is 190 Å². The molecule has 0 radical (unpaired) electrons. The van der Waals surface area contributed by atoms with E-state index in [2.05, 4.69) is 50.2 Å². The Hall–Kier alpha value is -1.63.